The van der Waals surface area contributed by atoms with Crippen LogP contribution in [0.3, 0.4) is 0 Å². The number of fused-ring (bicyclic) bond motifs is 4. The first-order valence-corrected chi connectivity index (χ1v) is 20.6. The zero-order chi connectivity index (χ0) is 42.1. The van der Waals surface area contributed by atoms with Crippen molar-refractivity contribution in [3.05, 3.63) is 168 Å². The molecular weight excluding hydrogens is 935 g/mol. The van der Waals surface area contributed by atoms with Crippen molar-refractivity contribution in [1.29, 1.82) is 0 Å². The van der Waals surface area contributed by atoms with Crippen molar-refractivity contribution in [1.82, 2.24) is 18.7 Å². The molecule has 3 heterocycles. The van der Waals surface area contributed by atoms with Crippen molar-refractivity contribution in [2.75, 3.05) is 0 Å². The van der Waals surface area contributed by atoms with Gasteiger partial charge in [0.25, 0.3) is 5.69 Å². The first kappa shape index (κ1) is 41.8. The van der Waals surface area contributed by atoms with Crippen molar-refractivity contribution < 1.29 is 30.2 Å². The van der Waals surface area contributed by atoms with Gasteiger partial charge < -0.3 is 9.30 Å². The minimum atomic E-state index is -0.298. The largest absolute Gasteiger partial charge is 2.00 e. The van der Waals surface area contributed by atoms with E-state index in [-0.39, 0.29) is 43.1 Å². The summed E-state index contributed by atoms with van der Waals surface area (Å²) in [5.74, 6) is 1.46. The molecule has 7 heteroatoms. The molecular formula is C54H49FN4OPt+2. The topological polar surface area (TPSA) is 33.1 Å². The molecule has 5 nitrogen and oxygen atoms in total. The second kappa shape index (κ2) is 15.5. The van der Waals surface area contributed by atoms with Crippen molar-refractivity contribution in [2.24, 2.45) is 0 Å². The van der Waals surface area contributed by atoms with E-state index >= 15 is 0 Å². The standard InChI is InChI=1S/C54H49FN4O.Pt/c1-52(2,3)36-25-26-56-50(30-36)59-47-24-21-39(55)31-46(47)45-23-22-43(33-49(45)59)60-42-18-13-17-41(32-42)57-34-58(40-15-11-10-12-16-40)51-44(19-14-20-48(51)57)35-27-37(53(4,5)6)29-38(28-35)54(7,8)9;/h10-31H,1-9H3;/q;+2. The third kappa shape index (κ3) is 7.92. The molecule has 0 aliphatic carbocycles. The number of ether oxygens (including phenoxy) is 1. The van der Waals surface area contributed by atoms with Crippen LogP contribution < -0.4 is 13.9 Å². The van der Waals surface area contributed by atoms with Crippen molar-refractivity contribution in [2.45, 2.75) is 78.6 Å². The van der Waals surface area contributed by atoms with Gasteiger partial charge in [0, 0.05) is 41.4 Å². The minimum absolute atomic E-state index is 0. The van der Waals surface area contributed by atoms with E-state index in [0.29, 0.717) is 11.5 Å². The maximum Gasteiger partial charge on any atom is 2.00 e. The molecule has 61 heavy (non-hydrogen) atoms. The van der Waals surface area contributed by atoms with Crippen molar-refractivity contribution in [3.8, 4) is 28.4 Å². The van der Waals surface area contributed by atoms with Gasteiger partial charge in [-0.2, -0.15) is 12.1 Å². The Morgan fingerprint density at radius 1 is 0.623 bits per heavy atom. The van der Waals surface area contributed by atoms with Crippen molar-refractivity contribution >= 4 is 50.6 Å². The first-order valence-electron chi connectivity index (χ1n) is 20.6. The zero-order valence-electron chi connectivity index (χ0n) is 36.1. The predicted octanol–water partition coefficient (Wildman–Crippen LogP) is 14.1. The molecule has 306 valence electrons. The third-order valence-electron chi connectivity index (χ3n) is 11.3. The molecule has 0 atom stereocenters. The van der Waals surface area contributed by atoms with E-state index < -0.39 is 0 Å². The summed E-state index contributed by atoms with van der Waals surface area (Å²) in [5.41, 5.74) is 11.3. The monoisotopic (exact) mass is 983 g/mol. The normalized spacial score (nSPS) is 12.9. The number of halogens is 1. The SMILES string of the molecule is CC(C)(C)c1cc(-c2cccc3c2[N+](c2ccccc2)=C=[N+]3c2[c-]c(Oc3[c-]c4c(cc3)c3cc(F)ccc3n4-c3cc(C(C)(C)C)ccn3)ccc2)cc(C(C)(C)C)c1.[Pt+2]. The zero-order valence-corrected chi connectivity index (χ0v) is 38.4. The van der Waals surface area contributed by atoms with Gasteiger partial charge in [0.15, 0.2) is 0 Å². The molecule has 0 fully saturated rings. The number of benzene rings is 6. The quantitative estimate of drug-likeness (QED) is 0.123. The summed E-state index contributed by atoms with van der Waals surface area (Å²) in [7, 11) is 0. The van der Waals surface area contributed by atoms with Gasteiger partial charge in [0.05, 0.1) is 5.56 Å². The van der Waals surface area contributed by atoms with E-state index in [1.807, 2.05) is 53.2 Å². The summed E-state index contributed by atoms with van der Waals surface area (Å²) in [6.45, 7) is 20.2. The van der Waals surface area contributed by atoms with Crippen molar-refractivity contribution in [3.63, 3.8) is 0 Å². The van der Waals surface area contributed by atoms with E-state index in [1.165, 1.54) is 22.8 Å². The summed E-state index contributed by atoms with van der Waals surface area (Å²) in [6, 6.07) is 53.4. The Balaban J connectivity index is 0.00000514. The molecule has 0 saturated heterocycles. The number of pyridine rings is 1. The molecule has 0 saturated carbocycles. The number of hydrogen-bond donors (Lipinski definition) is 0. The molecule has 0 amide bonds. The molecule has 0 unspecified atom stereocenters. The number of para-hydroxylation sites is 2. The summed E-state index contributed by atoms with van der Waals surface area (Å²) < 4.78 is 27.5. The Morgan fingerprint density at radius 3 is 2.02 bits per heavy atom. The maximum absolute atomic E-state index is 14.7. The molecule has 8 aromatic rings. The molecule has 0 bridgehead atoms. The van der Waals surface area contributed by atoms with E-state index in [1.54, 1.807) is 12.1 Å². The Hall–Kier alpha value is -5.93. The average Bonchev–Trinajstić information content (AvgIpc) is 3.76. The van der Waals surface area contributed by atoms with Gasteiger partial charge in [0.2, 0.25) is 5.69 Å². The molecule has 1 aliphatic rings. The van der Waals surface area contributed by atoms with Crippen LogP contribution in [0.2, 0.25) is 0 Å². The van der Waals surface area contributed by atoms with Crippen LogP contribution in [0.4, 0.5) is 27.1 Å². The van der Waals surface area contributed by atoms with Crippen LogP contribution >= 0.6 is 0 Å². The van der Waals surface area contributed by atoms with Crippen LogP contribution in [-0.4, -0.2) is 15.6 Å². The fourth-order valence-corrected chi connectivity index (χ4v) is 7.93. The van der Waals surface area contributed by atoms with Gasteiger partial charge in [-0.1, -0.05) is 127 Å². The average molecular weight is 984 g/mol. The summed E-state index contributed by atoms with van der Waals surface area (Å²) in [5, 5.41) is 1.64. The van der Waals surface area contributed by atoms with E-state index in [2.05, 4.69) is 156 Å². The molecule has 2 aromatic heterocycles. The van der Waals surface area contributed by atoms with Crippen LogP contribution in [0.5, 0.6) is 11.5 Å². The summed E-state index contributed by atoms with van der Waals surface area (Å²) in [6.07, 6.45) is 1.83. The molecule has 9 rings (SSSR count). The predicted molar refractivity (Wildman–Crippen MR) is 245 cm³/mol. The van der Waals surface area contributed by atoms with Crippen LogP contribution in [-0.2, 0) is 37.3 Å². The van der Waals surface area contributed by atoms with Gasteiger partial charge in [-0.25, -0.2) is 9.37 Å². The minimum Gasteiger partial charge on any atom is -0.509 e. The fourth-order valence-electron chi connectivity index (χ4n) is 7.93. The molecule has 1 aliphatic heterocycles. The number of hydrogen-bond acceptors (Lipinski definition) is 2. The van der Waals surface area contributed by atoms with Crippen LogP contribution in [0.25, 0.3) is 38.8 Å². The third-order valence-corrected chi connectivity index (χ3v) is 11.3. The smallest absolute Gasteiger partial charge is 0.509 e. The first-order chi connectivity index (χ1) is 28.5. The second-order valence-electron chi connectivity index (χ2n) is 18.8. The summed E-state index contributed by atoms with van der Waals surface area (Å²) >= 11 is 0. The second-order valence-corrected chi connectivity index (χ2v) is 18.8. The summed E-state index contributed by atoms with van der Waals surface area (Å²) in [4.78, 5) is 4.77. The van der Waals surface area contributed by atoms with Gasteiger partial charge >= 0.3 is 32.8 Å². The molecule has 0 radical (unpaired) electrons. The molecule has 0 spiro atoms. The van der Waals surface area contributed by atoms with Crippen LogP contribution in [0.15, 0.2) is 134 Å². The Labute approximate surface area is 372 Å². The van der Waals surface area contributed by atoms with Gasteiger partial charge in [-0.3, -0.25) is 0 Å². The van der Waals surface area contributed by atoms with E-state index in [4.69, 9.17) is 9.72 Å². The van der Waals surface area contributed by atoms with Crippen LogP contribution in [0.1, 0.15) is 79.0 Å². The maximum atomic E-state index is 14.7. The fraction of sp³-hybridized carbons (Fsp3) is 0.222. The van der Waals surface area contributed by atoms with E-state index in [9.17, 15) is 4.39 Å². The number of nitrogens with zero attached hydrogens (tertiary/aromatic N) is 4. The van der Waals surface area contributed by atoms with Gasteiger partial charge in [-0.05, 0) is 84.9 Å². The number of aromatic nitrogens is 2. The molecule has 6 aromatic carbocycles. The molecule has 0 N–H and O–H groups in total. The van der Waals surface area contributed by atoms with E-state index in [0.717, 1.165) is 61.5 Å². The van der Waals surface area contributed by atoms with Gasteiger partial charge in [0.1, 0.15) is 17.3 Å². The number of rotatable bonds is 6. The Bertz CT molecular complexity index is 3030. The Kier molecular flexibility index (Phi) is 10.6. The van der Waals surface area contributed by atoms with Gasteiger partial charge in [-0.15, -0.1) is 23.6 Å². The Morgan fingerprint density at radius 2 is 1.31 bits per heavy atom. The van der Waals surface area contributed by atoms with Crippen LogP contribution in [0, 0.1) is 17.9 Å².